The summed E-state index contributed by atoms with van der Waals surface area (Å²) in [4.78, 5) is 10.2. The van der Waals surface area contributed by atoms with Gasteiger partial charge in [-0.15, -0.1) is 0 Å². The Morgan fingerprint density at radius 2 is 1.07 bits per heavy atom. The van der Waals surface area contributed by atoms with Crippen LogP contribution >= 0.6 is 0 Å². The SMILES string of the molecule is C[Si](C)(C)c1cccc(-n2c3ccccc3c3nc4c5ncccc5n(-c5cccc([Si](C)(C)C)c5)c4cc32)c1. The Balaban J connectivity index is 1.62. The van der Waals surface area contributed by atoms with Gasteiger partial charge in [0.25, 0.3) is 0 Å². The predicted octanol–water partition coefficient (Wildman–Crippen LogP) is 7.76. The van der Waals surface area contributed by atoms with E-state index in [9.17, 15) is 0 Å². The van der Waals surface area contributed by atoms with Crippen LogP contribution < -0.4 is 10.4 Å². The van der Waals surface area contributed by atoms with Crippen LogP contribution in [0.2, 0.25) is 39.3 Å². The van der Waals surface area contributed by atoms with E-state index in [1.165, 1.54) is 21.6 Å². The van der Waals surface area contributed by atoms with E-state index in [1.807, 2.05) is 12.3 Å². The lowest BCUT2D eigenvalue weighted by Gasteiger charge is -2.19. The highest BCUT2D eigenvalue weighted by Gasteiger charge is 2.23. The van der Waals surface area contributed by atoms with E-state index in [4.69, 9.17) is 9.97 Å². The van der Waals surface area contributed by atoms with Gasteiger partial charge in [-0.25, -0.2) is 4.98 Å². The highest BCUT2D eigenvalue weighted by Crippen LogP contribution is 2.36. The summed E-state index contributed by atoms with van der Waals surface area (Å²) in [7, 11) is -2.99. The molecule has 0 aliphatic rings. The molecule has 0 unspecified atom stereocenters. The molecule has 0 aliphatic heterocycles. The number of benzene rings is 3. The van der Waals surface area contributed by atoms with Crippen molar-refractivity contribution in [2.75, 3.05) is 0 Å². The Morgan fingerprint density at radius 3 is 1.73 bits per heavy atom. The zero-order chi connectivity index (χ0) is 27.8. The van der Waals surface area contributed by atoms with E-state index in [0.717, 1.165) is 44.2 Å². The highest BCUT2D eigenvalue weighted by atomic mass is 28.3. The number of para-hydroxylation sites is 1. The van der Waals surface area contributed by atoms with Crippen LogP contribution in [0.15, 0.2) is 97.2 Å². The molecule has 0 amide bonds. The predicted molar refractivity (Wildman–Crippen MR) is 177 cm³/mol. The average molecular weight is 555 g/mol. The van der Waals surface area contributed by atoms with Crippen LogP contribution in [0, 0.1) is 0 Å². The van der Waals surface area contributed by atoms with Crippen molar-refractivity contribution in [2.24, 2.45) is 0 Å². The van der Waals surface area contributed by atoms with Gasteiger partial charge in [0.1, 0.15) is 11.0 Å². The average Bonchev–Trinajstić information content (AvgIpc) is 3.43. The van der Waals surface area contributed by atoms with E-state index >= 15 is 0 Å². The molecule has 0 N–H and O–H groups in total. The first-order chi connectivity index (χ1) is 19.1. The molecular formula is C34H34N4Si2. The van der Waals surface area contributed by atoms with Crippen LogP contribution in [0.5, 0.6) is 0 Å². The largest absolute Gasteiger partial charge is 0.308 e. The van der Waals surface area contributed by atoms with Gasteiger partial charge in [0.2, 0.25) is 0 Å². The van der Waals surface area contributed by atoms with E-state index in [0.29, 0.717) is 0 Å². The summed E-state index contributed by atoms with van der Waals surface area (Å²) >= 11 is 0. The molecule has 4 nitrogen and oxygen atoms in total. The summed E-state index contributed by atoms with van der Waals surface area (Å²) < 4.78 is 4.75. The minimum absolute atomic E-state index is 0.940. The number of hydrogen-bond acceptors (Lipinski definition) is 2. The van der Waals surface area contributed by atoms with Crippen molar-refractivity contribution >= 4 is 70.5 Å². The molecule has 0 fully saturated rings. The van der Waals surface area contributed by atoms with Crippen molar-refractivity contribution < 1.29 is 0 Å². The third-order valence-electron chi connectivity index (χ3n) is 8.06. The Morgan fingerprint density at radius 1 is 0.500 bits per heavy atom. The molecule has 7 aromatic rings. The number of hydrogen-bond donors (Lipinski definition) is 0. The van der Waals surface area contributed by atoms with Gasteiger partial charge >= 0.3 is 0 Å². The third-order valence-corrected chi connectivity index (χ3v) is 12.1. The number of pyridine rings is 2. The molecule has 0 atom stereocenters. The minimum atomic E-state index is -1.50. The molecular weight excluding hydrogens is 521 g/mol. The van der Waals surface area contributed by atoms with E-state index in [2.05, 4.69) is 133 Å². The van der Waals surface area contributed by atoms with Crippen molar-refractivity contribution in [2.45, 2.75) is 39.3 Å². The van der Waals surface area contributed by atoms with Gasteiger partial charge in [-0.3, -0.25) is 4.98 Å². The molecule has 4 heterocycles. The lowest BCUT2D eigenvalue weighted by Crippen LogP contribution is -2.37. The first kappa shape index (κ1) is 25.0. The molecule has 7 rings (SSSR count). The molecule has 4 aromatic heterocycles. The van der Waals surface area contributed by atoms with E-state index in [1.54, 1.807) is 0 Å². The quantitative estimate of drug-likeness (QED) is 0.208. The molecule has 40 heavy (non-hydrogen) atoms. The zero-order valence-corrected chi connectivity index (χ0v) is 26.0. The van der Waals surface area contributed by atoms with Crippen LogP contribution in [-0.2, 0) is 0 Å². The van der Waals surface area contributed by atoms with Crippen LogP contribution in [0.4, 0.5) is 0 Å². The summed E-state index contributed by atoms with van der Waals surface area (Å²) in [6, 6.07) is 33.3. The maximum absolute atomic E-state index is 5.38. The van der Waals surface area contributed by atoms with Crippen molar-refractivity contribution in [1.82, 2.24) is 19.1 Å². The van der Waals surface area contributed by atoms with Crippen molar-refractivity contribution in [3.63, 3.8) is 0 Å². The first-order valence-corrected chi connectivity index (χ1v) is 21.0. The molecule has 6 heteroatoms. The van der Waals surface area contributed by atoms with E-state index < -0.39 is 16.1 Å². The van der Waals surface area contributed by atoms with Crippen LogP contribution in [0.3, 0.4) is 0 Å². The van der Waals surface area contributed by atoms with Gasteiger partial charge in [-0.05, 0) is 48.5 Å². The fraction of sp³-hybridized carbons (Fsp3) is 0.176. The Kier molecular flexibility index (Phi) is 5.47. The molecule has 3 aromatic carbocycles. The fourth-order valence-corrected chi connectivity index (χ4v) is 8.23. The van der Waals surface area contributed by atoms with Gasteiger partial charge in [0, 0.05) is 23.0 Å². The topological polar surface area (TPSA) is 35.6 Å². The van der Waals surface area contributed by atoms with Crippen molar-refractivity contribution in [3.8, 4) is 11.4 Å². The lowest BCUT2D eigenvalue weighted by atomic mass is 10.2. The monoisotopic (exact) mass is 554 g/mol. The molecule has 0 spiro atoms. The van der Waals surface area contributed by atoms with Gasteiger partial charge < -0.3 is 9.13 Å². The van der Waals surface area contributed by atoms with Crippen molar-refractivity contribution in [1.29, 1.82) is 0 Å². The van der Waals surface area contributed by atoms with Gasteiger partial charge in [-0.1, -0.05) is 92.1 Å². The Labute approximate surface area is 237 Å². The minimum Gasteiger partial charge on any atom is -0.308 e. The van der Waals surface area contributed by atoms with Crippen LogP contribution in [0.25, 0.3) is 55.4 Å². The number of rotatable bonds is 4. The molecule has 0 bridgehead atoms. The van der Waals surface area contributed by atoms with Crippen molar-refractivity contribution in [3.05, 3.63) is 97.2 Å². The summed E-state index contributed by atoms with van der Waals surface area (Å²) in [6.07, 6.45) is 1.88. The summed E-state index contributed by atoms with van der Waals surface area (Å²) in [5, 5.41) is 4.05. The standard InChI is InChI=1S/C34H34N4Si2/c1-39(2,3)25-14-9-12-23(20-25)37-28-17-8-7-16-27(28)32-30(37)22-31-34(36-32)33-29(18-11-19-35-33)38(31)24-13-10-15-26(21-24)40(4,5)6/h7-22H,1-6H3. The maximum atomic E-state index is 5.38. The van der Waals surface area contributed by atoms with Crippen LogP contribution in [0.1, 0.15) is 0 Å². The zero-order valence-electron chi connectivity index (χ0n) is 24.0. The fourth-order valence-electron chi connectivity index (χ4n) is 5.87. The summed E-state index contributed by atoms with van der Waals surface area (Å²) in [5.74, 6) is 0. The summed E-state index contributed by atoms with van der Waals surface area (Å²) in [6.45, 7) is 14.4. The normalized spacial score (nSPS) is 12.8. The third kappa shape index (κ3) is 3.85. The Bertz CT molecular complexity index is 1940. The lowest BCUT2D eigenvalue weighted by molar-refractivity contribution is 1.16. The number of aromatic nitrogens is 4. The number of nitrogens with zero attached hydrogens (tertiary/aromatic N) is 4. The second-order valence-electron chi connectivity index (χ2n) is 12.9. The van der Waals surface area contributed by atoms with E-state index in [-0.39, 0.29) is 0 Å². The number of fused-ring (bicyclic) bond motifs is 6. The molecule has 198 valence electrons. The van der Waals surface area contributed by atoms with Crippen LogP contribution in [-0.4, -0.2) is 35.2 Å². The molecule has 0 aliphatic carbocycles. The maximum Gasteiger partial charge on any atom is 0.116 e. The molecule has 0 radical (unpaired) electrons. The summed E-state index contributed by atoms with van der Waals surface area (Å²) in [5.41, 5.74) is 9.71. The van der Waals surface area contributed by atoms with Gasteiger partial charge in [0.15, 0.2) is 0 Å². The second kappa shape index (κ2) is 8.75. The Hall–Kier alpha value is -4.01. The van der Waals surface area contributed by atoms with Gasteiger partial charge in [-0.2, -0.15) is 0 Å². The second-order valence-corrected chi connectivity index (χ2v) is 23.0. The smallest absolute Gasteiger partial charge is 0.116 e. The first-order valence-electron chi connectivity index (χ1n) is 14.0. The van der Waals surface area contributed by atoms with Gasteiger partial charge in [0.05, 0.1) is 43.7 Å². The highest BCUT2D eigenvalue weighted by molar-refractivity contribution is 6.89. The molecule has 0 saturated carbocycles. The molecule has 0 saturated heterocycles.